The Bertz CT molecular complexity index is 433. The molecule has 3 nitrogen and oxygen atoms in total. The van der Waals surface area contributed by atoms with Crippen molar-refractivity contribution in [2.24, 2.45) is 0 Å². The van der Waals surface area contributed by atoms with Gasteiger partial charge in [-0.2, -0.15) is 10.5 Å². The molecule has 0 atom stereocenters. The third-order valence-corrected chi connectivity index (χ3v) is 1.72. The van der Waals surface area contributed by atoms with Crippen molar-refractivity contribution in [1.29, 1.82) is 10.5 Å². The van der Waals surface area contributed by atoms with Crippen LogP contribution in [0.4, 0.5) is 0 Å². The minimum absolute atomic E-state index is 0.0867. The quantitative estimate of drug-likeness (QED) is 0.701. The van der Waals surface area contributed by atoms with Crippen molar-refractivity contribution in [2.45, 2.75) is 6.92 Å². The largest absolute Gasteiger partial charge is 0.494 e. The molecule has 0 unspecified atom stereocenters. The highest BCUT2D eigenvalue weighted by atomic mass is 16.5. The molecular formula is C12H10N2O. The summed E-state index contributed by atoms with van der Waals surface area (Å²) in [6, 6.07) is 10.9. The monoisotopic (exact) mass is 198 g/mol. The zero-order valence-electron chi connectivity index (χ0n) is 8.40. The fourth-order valence-electron chi connectivity index (χ4n) is 1.12. The van der Waals surface area contributed by atoms with E-state index in [0.717, 1.165) is 11.3 Å². The van der Waals surface area contributed by atoms with Crippen molar-refractivity contribution in [2.75, 3.05) is 6.61 Å². The first-order valence-corrected chi connectivity index (χ1v) is 4.55. The lowest BCUT2D eigenvalue weighted by Gasteiger charge is -2.02. The molecule has 0 radical (unpaired) electrons. The molecule has 0 aliphatic rings. The molecule has 0 N–H and O–H groups in total. The Kier molecular flexibility index (Phi) is 3.94. The fourth-order valence-corrected chi connectivity index (χ4v) is 1.12. The van der Waals surface area contributed by atoms with Crippen molar-refractivity contribution < 1.29 is 4.74 Å². The summed E-state index contributed by atoms with van der Waals surface area (Å²) in [6.07, 6.45) is 1.53. The smallest absolute Gasteiger partial charge is 0.130 e. The number of nitrogens with zero attached hydrogens (tertiary/aromatic N) is 2. The van der Waals surface area contributed by atoms with Gasteiger partial charge in [0.05, 0.1) is 6.61 Å². The van der Waals surface area contributed by atoms with Gasteiger partial charge in [0.2, 0.25) is 0 Å². The van der Waals surface area contributed by atoms with E-state index in [1.54, 1.807) is 6.07 Å². The first kappa shape index (κ1) is 10.8. The van der Waals surface area contributed by atoms with Gasteiger partial charge in [0.25, 0.3) is 0 Å². The van der Waals surface area contributed by atoms with E-state index < -0.39 is 0 Å². The number of benzene rings is 1. The van der Waals surface area contributed by atoms with Crippen LogP contribution in [0.2, 0.25) is 0 Å². The van der Waals surface area contributed by atoms with Crippen molar-refractivity contribution in [1.82, 2.24) is 0 Å². The van der Waals surface area contributed by atoms with Crippen LogP contribution in [0, 0.1) is 22.7 Å². The van der Waals surface area contributed by atoms with Gasteiger partial charge >= 0.3 is 0 Å². The number of rotatable bonds is 3. The van der Waals surface area contributed by atoms with Crippen LogP contribution in [0.3, 0.4) is 0 Å². The topological polar surface area (TPSA) is 56.8 Å². The van der Waals surface area contributed by atoms with E-state index in [2.05, 4.69) is 0 Å². The Labute approximate surface area is 88.8 Å². The minimum atomic E-state index is 0.0867. The van der Waals surface area contributed by atoms with E-state index >= 15 is 0 Å². The summed E-state index contributed by atoms with van der Waals surface area (Å²) in [5.74, 6) is 0.737. The van der Waals surface area contributed by atoms with E-state index in [4.69, 9.17) is 15.3 Å². The van der Waals surface area contributed by atoms with Gasteiger partial charge < -0.3 is 4.74 Å². The Hall–Kier alpha value is -2.26. The van der Waals surface area contributed by atoms with Crippen LogP contribution in [0.1, 0.15) is 12.5 Å². The molecule has 0 spiro atoms. The van der Waals surface area contributed by atoms with Crippen molar-refractivity contribution in [3.63, 3.8) is 0 Å². The summed E-state index contributed by atoms with van der Waals surface area (Å²) in [6.45, 7) is 2.50. The molecule has 0 amide bonds. The third kappa shape index (κ3) is 3.17. The van der Waals surface area contributed by atoms with Gasteiger partial charge in [-0.25, -0.2) is 0 Å². The second-order valence-corrected chi connectivity index (χ2v) is 2.79. The predicted molar refractivity (Wildman–Crippen MR) is 56.8 cm³/mol. The lowest BCUT2D eigenvalue weighted by atomic mass is 10.1. The summed E-state index contributed by atoms with van der Waals surface area (Å²) in [5.41, 5.74) is 0.877. The molecule has 0 heterocycles. The van der Waals surface area contributed by atoms with Crippen LogP contribution < -0.4 is 4.74 Å². The van der Waals surface area contributed by atoms with Crippen LogP contribution in [-0.2, 0) is 0 Å². The highest BCUT2D eigenvalue weighted by Crippen LogP contribution is 2.15. The average Bonchev–Trinajstić information content (AvgIpc) is 2.27. The summed E-state index contributed by atoms with van der Waals surface area (Å²) in [5, 5.41) is 17.2. The van der Waals surface area contributed by atoms with E-state index in [1.165, 1.54) is 6.08 Å². The number of hydrogen-bond acceptors (Lipinski definition) is 3. The first-order valence-electron chi connectivity index (χ1n) is 4.55. The SMILES string of the molecule is CCOc1cccc(C=C(C#N)C#N)c1. The molecule has 1 aromatic carbocycles. The maximum atomic E-state index is 8.59. The summed E-state index contributed by atoms with van der Waals surface area (Å²) >= 11 is 0. The van der Waals surface area contributed by atoms with Gasteiger partial charge in [-0.3, -0.25) is 0 Å². The lowest BCUT2D eigenvalue weighted by Crippen LogP contribution is -1.91. The number of ether oxygens (including phenoxy) is 1. The Morgan fingerprint density at radius 3 is 2.73 bits per heavy atom. The standard InChI is InChI=1S/C12H10N2O/c1-2-15-12-5-3-4-10(7-12)6-11(8-13)9-14/h3-7H,2H2,1H3. The van der Waals surface area contributed by atoms with Crippen LogP contribution >= 0.6 is 0 Å². The van der Waals surface area contributed by atoms with E-state index in [0.29, 0.717) is 6.61 Å². The molecule has 1 rings (SSSR count). The van der Waals surface area contributed by atoms with Gasteiger partial charge in [0, 0.05) is 0 Å². The van der Waals surface area contributed by atoms with Crippen molar-refractivity contribution in [3.8, 4) is 17.9 Å². The molecule has 74 valence electrons. The zero-order chi connectivity index (χ0) is 11.1. The molecule has 0 aliphatic carbocycles. The molecule has 0 saturated heterocycles. The maximum absolute atomic E-state index is 8.59. The van der Waals surface area contributed by atoms with Gasteiger partial charge in [0.1, 0.15) is 23.5 Å². The lowest BCUT2D eigenvalue weighted by molar-refractivity contribution is 0.340. The van der Waals surface area contributed by atoms with E-state index in [-0.39, 0.29) is 5.57 Å². The molecule has 0 fully saturated rings. The molecule has 0 saturated carbocycles. The molecule has 0 aliphatic heterocycles. The number of nitriles is 2. The Morgan fingerprint density at radius 1 is 1.40 bits per heavy atom. The normalized spacial score (nSPS) is 8.47. The Balaban J connectivity index is 2.97. The summed E-state index contributed by atoms with van der Waals surface area (Å²) in [7, 11) is 0. The molecule has 0 bridgehead atoms. The first-order chi connectivity index (χ1) is 7.30. The molecule has 0 aromatic heterocycles. The number of allylic oxidation sites excluding steroid dienone is 1. The highest BCUT2D eigenvalue weighted by molar-refractivity contribution is 5.62. The Morgan fingerprint density at radius 2 is 2.13 bits per heavy atom. The van der Waals surface area contributed by atoms with Crippen molar-refractivity contribution >= 4 is 6.08 Å². The van der Waals surface area contributed by atoms with E-state index in [1.807, 2.05) is 37.3 Å². The fraction of sp³-hybridized carbons (Fsp3) is 0.167. The molecule has 1 aromatic rings. The van der Waals surface area contributed by atoms with Crippen LogP contribution in [0.15, 0.2) is 29.8 Å². The minimum Gasteiger partial charge on any atom is -0.494 e. The number of hydrogen-bond donors (Lipinski definition) is 0. The molecular weight excluding hydrogens is 188 g/mol. The van der Waals surface area contributed by atoms with Crippen molar-refractivity contribution in [3.05, 3.63) is 35.4 Å². The molecule has 3 heteroatoms. The highest BCUT2D eigenvalue weighted by Gasteiger charge is 1.96. The van der Waals surface area contributed by atoms with Gasteiger partial charge in [-0.05, 0) is 30.7 Å². The second-order valence-electron chi connectivity index (χ2n) is 2.79. The molecule has 15 heavy (non-hydrogen) atoms. The second kappa shape index (κ2) is 5.47. The predicted octanol–water partition coefficient (Wildman–Crippen LogP) is 2.52. The van der Waals surface area contributed by atoms with E-state index in [9.17, 15) is 0 Å². The zero-order valence-corrected chi connectivity index (χ0v) is 8.40. The summed E-state index contributed by atoms with van der Waals surface area (Å²) in [4.78, 5) is 0. The van der Waals surface area contributed by atoms with Gasteiger partial charge in [0.15, 0.2) is 0 Å². The van der Waals surface area contributed by atoms with Crippen LogP contribution in [0.25, 0.3) is 6.08 Å². The average molecular weight is 198 g/mol. The summed E-state index contributed by atoms with van der Waals surface area (Å²) < 4.78 is 5.30. The van der Waals surface area contributed by atoms with Crippen LogP contribution in [-0.4, -0.2) is 6.61 Å². The third-order valence-electron chi connectivity index (χ3n) is 1.72. The van der Waals surface area contributed by atoms with Gasteiger partial charge in [-0.15, -0.1) is 0 Å². The van der Waals surface area contributed by atoms with Gasteiger partial charge in [-0.1, -0.05) is 12.1 Å². The maximum Gasteiger partial charge on any atom is 0.130 e. The van der Waals surface area contributed by atoms with Crippen LogP contribution in [0.5, 0.6) is 5.75 Å².